The van der Waals surface area contributed by atoms with E-state index in [1.807, 2.05) is 28.8 Å². The number of carbonyl (C=O) groups excluding carboxylic acids is 1. The van der Waals surface area contributed by atoms with Crippen LogP contribution in [0.5, 0.6) is 0 Å². The number of hydrogen-bond donors (Lipinski definition) is 1. The van der Waals surface area contributed by atoms with Crippen LogP contribution in [0.15, 0.2) is 48.8 Å². The predicted molar refractivity (Wildman–Crippen MR) is 99.1 cm³/mol. The van der Waals surface area contributed by atoms with Crippen LogP contribution >= 0.6 is 11.8 Å². The third-order valence-electron chi connectivity index (χ3n) is 3.70. The molecular weight excluding hydrogens is 318 g/mol. The Bertz CT molecular complexity index is 857. The minimum Gasteiger partial charge on any atom is -0.351 e. The number of imidazole rings is 1. The van der Waals surface area contributed by atoms with E-state index in [2.05, 4.69) is 48.5 Å². The molecule has 0 aliphatic heterocycles. The Morgan fingerprint density at radius 3 is 2.88 bits per heavy atom. The van der Waals surface area contributed by atoms with Gasteiger partial charge in [-0.05, 0) is 31.0 Å². The second kappa shape index (κ2) is 7.53. The number of nitrogens with one attached hydrogen (secondary N) is 1. The Morgan fingerprint density at radius 1 is 1.17 bits per heavy atom. The van der Waals surface area contributed by atoms with Crippen molar-refractivity contribution in [1.29, 1.82) is 0 Å². The van der Waals surface area contributed by atoms with Crippen LogP contribution < -0.4 is 5.32 Å². The molecule has 4 nitrogen and oxygen atoms in total. The Morgan fingerprint density at radius 2 is 2.04 bits per heavy atom. The SMILES string of the molecule is Cc1cccc(CNC(=O)CSCc2cn3cc(C)ccc3n2)c1. The summed E-state index contributed by atoms with van der Waals surface area (Å²) in [7, 11) is 0. The Hall–Kier alpha value is -2.27. The molecule has 1 N–H and O–H groups in total. The van der Waals surface area contributed by atoms with Gasteiger partial charge >= 0.3 is 0 Å². The van der Waals surface area contributed by atoms with Gasteiger partial charge in [-0.2, -0.15) is 0 Å². The van der Waals surface area contributed by atoms with E-state index in [0.717, 1.165) is 22.7 Å². The van der Waals surface area contributed by atoms with Crippen molar-refractivity contribution in [2.75, 3.05) is 5.75 Å². The molecule has 2 heterocycles. The highest BCUT2D eigenvalue weighted by Gasteiger charge is 2.05. The number of rotatable bonds is 6. The number of hydrogen-bond acceptors (Lipinski definition) is 3. The average Bonchev–Trinajstić information content (AvgIpc) is 2.95. The zero-order valence-electron chi connectivity index (χ0n) is 14.0. The molecule has 3 aromatic rings. The molecule has 124 valence electrons. The maximum Gasteiger partial charge on any atom is 0.230 e. The molecule has 0 saturated carbocycles. The number of aryl methyl sites for hydroxylation is 2. The van der Waals surface area contributed by atoms with Crippen LogP contribution in [-0.4, -0.2) is 21.0 Å². The summed E-state index contributed by atoms with van der Waals surface area (Å²) >= 11 is 1.58. The summed E-state index contributed by atoms with van der Waals surface area (Å²) in [6.45, 7) is 4.69. The van der Waals surface area contributed by atoms with Crippen LogP contribution in [-0.2, 0) is 17.1 Å². The first-order valence-electron chi connectivity index (χ1n) is 7.94. The second-order valence-electron chi connectivity index (χ2n) is 5.96. The van der Waals surface area contributed by atoms with Gasteiger partial charge in [-0.25, -0.2) is 4.98 Å². The first-order chi connectivity index (χ1) is 11.6. The summed E-state index contributed by atoms with van der Waals surface area (Å²) in [6, 6.07) is 12.2. The largest absolute Gasteiger partial charge is 0.351 e. The minimum absolute atomic E-state index is 0.0566. The van der Waals surface area contributed by atoms with Crippen LogP contribution in [0.1, 0.15) is 22.4 Å². The van der Waals surface area contributed by atoms with Gasteiger partial charge in [-0.15, -0.1) is 11.8 Å². The number of fused-ring (bicyclic) bond motifs is 1. The van der Waals surface area contributed by atoms with Gasteiger partial charge in [0.05, 0.1) is 11.4 Å². The number of nitrogens with zero attached hydrogens (tertiary/aromatic N) is 2. The topological polar surface area (TPSA) is 46.4 Å². The lowest BCUT2D eigenvalue weighted by atomic mass is 10.1. The lowest BCUT2D eigenvalue weighted by Crippen LogP contribution is -2.24. The van der Waals surface area contributed by atoms with Gasteiger partial charge in [-0.1, -0.05) is 35.9 Å². The van der Waals surface area contributed by atoms with Gasteiger partial charge in [0, 0.05) is 24.7 Å². The quantitative estimate of drug-likeness (QED) is 0.748. The molecule has 3 rings (SSSR count). The zero-order valence-corrected chi connectivity index (χ0v) is 14.8. The number of thioether (sulfide) groups is 1. The minimum atomic E-state index is 0.0566. The molecule has 0 spiro atoms. The van der Waals surface area contributed by atoms with Crippen LogP contribution in [0.25, 0.3) is 5.65 Å². The molecule has 5 heteroatoms. The molecule has 0 saturated heterocycles. The second-order valence-corrected chi connectivity index (χ2v) is 6.95. The number of carbonyl (C=O) groups is 1. The van der Waals surface area contributed by atoms with Crippen LogP contribution in [0.4, 0.5) is 0 Å². The van der Waals surface area contributed by atoms with Gasteiger partial charge < -0.3 is 9.72 Å². The van der Waals surface area contributed by atoms with E-state index in [0.29, 0.717) is 12.3 Å². The van der Waals surface area contributed by atoms with Gasteiger partial charge in [0.25, 0.3) is 0 Å². The van der Waals surface area contributed by atoms with Crippen molar-refractivity contribution in [1.82, 2.24) is 14.7 Å². The van der Waals surface area contributed by atoms with Gasteiger partial charge in [-0.3, -0.25) is 4.79 Å². The molecule has 0 unspecified atom stereocenters. The molecule has 24 heavy (non-hydrogen) atoms. The van der Waals surface area contributed by atoms with E-state index in [1.165, 1.54) is 11.1 Å². The molecule has 1 aromatic carbocycles. The third kappa shape index (κ3) is 4.38. The standard InChI is InChI=1S/C19H21N3OS/c1-14-4-3-5-16(8-14)9-20-19(23)13-24-12-17-11-22-10-15(2)6-7-18(22)21-17/h3-8,10-11H,9,12-13H2,1-2H3,(H,20,23). The summed E-state index contributed by atoms with van der Waals surface area (Å²) in [5.74, 6) is 1.23. The van der Waals surface area contributed by atoms with E-state index in [-0.39, 0.29) is 5.91 Å². The van der Waals surface area contributed by atoms with Crippen molar-refractivity contribution >= 4 is 23.3 Å². The normalized spacial score (nSPS) is 10.9. The van der Waals surface area contributed by atoms with E-state index in [9.17, 15) is 4.79 Å². The fourth-order valence-electron chi connectivity index (χ4n) is 2.55. The molecule has 0 aliphatic rings. The highest BCUT2D eigenvalue weighted by molar-refractivity contribution is 7.99. The van der Waals surface area contributed by atoms with Gasteiger partial charge in [0.2, 0.25) is 5.91 Å². The van der Waals surface area contributed by atoms with E-state index >= 15 is 0 Å². The average molecular weight is 339 g/mol. The smallest absolute Gasteiger partial charge is 0.230 e. The van der Waals surface area contributed by atoms with Crippen molar-refractivity contribution in [3.8, 4) is 0 Å². The number of aromatic nitrogens is 2. The van der Waals surface area contributed by atoms with Gasteiger partial charge in [0.1, 0.15) is 5.65 Å². The Balaban J connectivity index is 1.45. The van der Waals surface area contributed by atoms with Crippen LogP contribution in [0, 0.1) is 13.8 Å². The van der Waals surface area contributed by atoms with Crippen molar-refractivity contribution in [3.63, 3.8) is 0 Å². The lowest BCUT2D eigenvalue weighted by molar-refractivity contribution is -0.118. The molecule has 1 amide bonds. The summed E-state index contributed by atoms with van der Waals surface area (Å²) in [6.07, 6.45) is 4.09. The fourth-order valence-corrected chi connectivity index (χ4v) is 3.28. The molecule has 0 atom stereocenters. The lowest BCUT2D eigenvalue weighted by Gasteiger charge is -2.05. The first kappa shape index (κ1) is 16.6. The van der Waals surface area contributed by atoms with E-state index in [1.54, 1.807) is 11.8 Å². The number of amides is 1. The molecule has 0 aliphatic carbocycles. The maximum absolute atomic E-state index is 12.0. The van der Waals surface area contributed by atoms with E-state index in [4.69, 9.17) is 0 Å². The number of benzene rings is 1. The maximum atomic E-state index is 12.0. The summed E-state index contributed by atoms with van der Waals surface area (Å²) in [5, 5.41) is 2.96. The third-order valence-corrected chi connectivity index (χ3v) is 4.67. The van der Waals surface area contributed by atoms with Crippen molar-refractivity contribution in [3.05, 3.63) is 71.2 Å². The Kier molecular flexibility index (Phi) is 5.20. The van der Waals surface area contributed by atoms with Gasteiger partial charge in [0.15, 0.2) is 0 Å². The molecule has 0 bridgehead atoms. The van der Waals surface area contributed by atoms with Crippen molar-refractivity contribution < 1.29 is 4.79 Å². The van der Waals surface area contributed by atoms with Crippen molar-refractivity contribution in [2.45, 2.75) is 26.1 Å². The number of pyridine rings is 1. The summed E-state index contributed by atoms with van der Waals surface area (Å²) in [4.78, 5) is 16.5. The molecular formula is C19H21N3OS. The summed E-state index contributed by atoms with van der Waals surface area (Å²) < 4.78 is 2.03. The molecule has 2 aromatic heterocycles. The van der Waals surface area contributed by atoms with E-state index < -0.39 is 0 Å². The fraction of sp³-hybridized carbons (Fsp3) is 0.263. The molecule has 0 radical (unpaired) electrons. The summed E-state index contributed by atoms with van der Waals surface area (Å²) in [5.41, 5.74) is 5.48. The Labute approximate surface area is 146 Å². The van der Waals surface area contributed by atoms with Crippen LogP contribution in [0.2, 0.25) is 0 Å². The zero-order chi connectivity index (χ0) is 16.9. The highest BCUT2D eigenvalue weighted by atomic mass is 32.2. The monoisotopic (exact) mass is 339 g/mol. The molecule has 0 fully saturated rings. The first-order valence-corrected chi connectivity index (χ1v) is 9.10. The highest BCUT2D eigenvalue weighted by Crippen LogP contribution is 2.13. The van der Waals surface area contributed by atoms with Crippen LogP contribution in [0.3, 0.4) is 0 Å². The predicted octanol–water partition coefficient (Wildman–Crippen LogP) is 3.50. The van der Waals surface area contributed by atoms with Crippen molar-refractivity contribution in [2.24, 2.45) is 0 Å².